The Morgan fingerprint density at radius 3 is 3.00 bits per heavy atom. The molecule has 2 aromatic rings. The number of fused-ring (bicyclic) bond motifs is 6. The van der Waals surface area contributed by atoms with Gasteiger partial charge in [0.05, 0.1) is 6.04 Å². The summed E-state index contributed by atoms with van der Waals surface area (Å²) in [4.78, 5) is 18.2. The quantitative estimate of drug-likeness (QED) is 0.808. The van der Waals surface area contributed by atoms with Crippen molar-refractivity contribution < 1.29 is 4.79 Å². The molecule has 0 spiro atoms. The molecule has 1 aromatic heterocycles. The highest BCUT2D eigenvalue weighted by molar-refractivity contribution is 5.85. The summed E-state index contributed by atoms with van der Waals surface area (Å²) >= 11 is 0. The number of hydrogen-bond donors (Lipinski definition) is 1. The number of aromatic nitrogens is 1. The van der Waals surface area contributed by atoms with Crippen molar-refractivity contribution in [2.24, 2.45) is 11.8 Å². The van der Waals surface area contributed by atoms with Crippen LogP contribution in [0.1, 0.15) is 43.0 Å². The van der Waals surface area contributed by atoms with Crippen LogP contribution in [0.5, 0.6) is 0 Å². The van der Waals surface area contributed by atoms with Crippen LogP contribution in [0.25, 0.3) is 10.9 Å². The molecule has 1 saturated carbocycles. The van der Waals surface area contributed by atoms with E-state index in [1.807, 2.05) is 0 Å². The third-order valence-corrected chi connectivity index (χ3v) is 6.22. The zero-order valence-corrected chi connectivity index (χ0v) is 12.8. The summed E-state index contributed by atoms with van der Waals surface area (Å²) in [5, 5.41) is 1.40. The highest BCUT2D eigenvalue weighted by atomic mass is 16.1. The van der Waals surface area contributed by atoms with E-state index < -0.39 is 0 Å². The molecule has 2 aliphatic heterocycles. The van der Waals surface area contributed by atoms with Crippen LogP contribution in [0.4, 0.5) is 0 Å². The number of carbonyl (C=O) groups is 1. The molecule has 5 rings (SSSR count). The lowest BCUT2D eigenvalue weighted by molar-refractivity contribution is -0.124. The fourth-order valence-electron chi connectivity index (χ4n) is 5.10. The number of Topliss-reactive ketones (excluding diaryl/α,β-unsaturated/α-hetero) is 1. The van der Waals surface area contributed by atoms with Crippen molar-refractivity contribution in [1.29, 1.82) is 0 Å². The van der Waals surface area contributed by atoms with Gasteiger partial charge in [-0.2, -0.15) is 0 Å². The number of hydrogen-bond acceptors (Lipinski definition) is 2. The lowest BCUT2D eigenvalue weighted by atomic mass is 9.71. The van der Waals surface area contributed by atoms with Gasteiger partial charge in [-0.05, 0) is 42.7 Å². The topological polar surface area (TPSA) is 36.1 Å². The van der Waals surface area contributed by atoms with E-state index in [2.05, 4.69) is 34.1 Å². The molecular formula is C19H22N2O. The molecule has 1 aliphatic carbocycles. The predicted octanol–water partition coefficient (Wildman–Crippen LogP) is 3.46. The van der Waals surface area contributed by atoms with Crippen molar-refractivity contribution in [2.75, 3.05) is 13.1 Å². The summed E-state index contributed by atoms with van der Waals surface area (Å²) in [6.45, 7) is 2.37. The first-order valence-electron chi connectivity index (χ1n) is 8.65. The highest BCUT2D eigenvalue weighted by Crippen LogP contribution is 2.46. The molecule has 3 atom stereocenters. The molecule has 1 saturated heterocycles. The van der Waals surface area contributed by atoms with Gasteiger partial charge < -0.3 is 4.98 Å². The number of piperidine rings is 1. The zero-order chi connectivity index (χ0) is 14.7. The van der Waals surface area contributed by atoms with Crippen molar-refractivity contribution in [1.82, 2.24) is 9.88 Å². The second kappa shape index (κ2) is 4.69. The molecule has 22 heavy (non-hydrogen) atoms. The highest BCUT2D eigenvalue weighted by Gasteiger charge is 2.42. The SMILES string of the molecule is O=C1CC[C@H]2CN3CCc4c([nH]c5ccccc45)[C@H]3C[C@@H]2C1. The monoisotopic (exact) mass is 294 g/mol. The van der Waals surface area contributed by atoms with E-state index in [9.17, 15) is 4.79 Å². The Bertz CT molecular complexity index is 747. The van der Waals surface area contributed by atoms with E-state index in [1.54, 1.807) is 0 Å². The molecule has 114 valence electrons. The zero-order valence-electron chi connectivity index (χ0n) is 12.8. The minimum absolute atomic E-state index is 0.488. The van der Waals surface area contributed by atoms with Gasteiger partial charge in [-0.3, -0.25) is 9.69 Å². The van der Waals surface area contributed by atoms with E-state index in [1.165, 1.54) is 35.2 Å². The van der Waals surface area contributed by atoms with Crippen LogP contribution in [0.3, 0.4) is 0 Å². The fraction of sp³-hybridized carbons (Fsp3) is 0.526. The van der Waals surface area contributed by atoms with E-state index in [0.29, 0.717) is 17.7 Å². The molecule has 1 aromatic carbocycles. The number of benzene rings is 1. The molecule has 0 unspecified atom stereocenters. The molecule has 0 amide bonds. The van der Waals surface area contributed by atoms with Crippen molar-refractivity contribution >= 4 is 16.7 Å². The van der Waals surface area contributed by atoms with Crippen LogP contribution in [-0.2, 0) is 11.2 Å². The average molecular weight is 294 g/mol. The third kappa shape index (κ3) is 1.81. The summed E-state index contributed by atoms with van der Waals surface area (Å²) in [5.74, 6) is 1.85. The summed E-state index contributed by atoms with van der Waals surface area (Å²) in [7, 11) is 0. The van der Waals surface area contributed by atoms with Crippen LogP contribution in [0.15, 0.2) is 24.3 Å². The molecule has 3 heterocycles. The number of nitrogens with zero attached hydrogens (tertiary/aromatic N) is 1. The van der Waals surface area contributed by atoms with Crippen molar-refractivity contribution in [3.05, 3.63) is 35.5 Å². The Labute approximate surface area is 130 Å². The standard InChI is InChI=1S/C19H22N2O/c22-14-6-5-12-11-21-8-7-16-15-3-1-2-4-17(15)20-19(16)18(21)10-13(12)9-14/h1-4,12-13,18,20H,5-11H2/t12-,13-,18+/m0/s1. The number of ketones is 1. The molecule has 0 bridgehead atoms. The van der Waals surface area contributed by atoms with Gasteiger partial charge in [0.1, 0.15) is 5.78 Å². The Kier molecular flexibility index (Phi) is 2.75. The predicted molar refractivity (Wildman–Crippen MR) is 86.8 cm³/mol. The molecule has 0 radical (unpaired) electrons. The number of H-pyrrole nitrogens is 1. The smallest absolute Gasteiger partial charge is 0.133 e. The molecule has 3 nitrogen and oxygen atoms in total. The Morgan fingerprint density at radius 2 is 2.05 bits per heavy atom. The summed E-state index contributed by atoms with van der Waals surface area (Å²) in [5.41, 5.74) is 4.23. The second-order valence-corrected chi connectivity index (χ2v) is 7.36. The third-order valence-electron chi connectivity index (χ3n) is 6.22. The summed E-state index contributed by atoms with van der Waals surface area (Å²) in [6.07, 6.45) is 5.08. The van der Waals surface area contributed by atoms with Gasteiger partial charge in [-0.25, -0.2) is 0 Å². The van der Waals surface area contributed by atoms with Gasteiger partial charge in [0.2, 0.25) is 0 Å². The first kappa shape index (κ1) is 12.9. The van der Waals surface area contributed by atoms with Gasteiger partial charge in [0, 0.05) is 42.5 Å². The van der Waals surface area contributed by atoms with Gasteiger partial charge in [-0.1, -0.05) is 18.2 Å². The second-order valence-electron chi connectivity index (χ2n) is 7.36. The van der Waals surface area contributed by atoms with Crippen molar-refractivity contribution in [3.8, 4) is 0 Å². The van der Waals surface area contributed by atoms with E-state index >= 15 is 0 Å². The van der Waals surface area contributed by atoms with Crippen LogP contribution in [-0.4, -0.2) is 28.8 Å². The van der Waals surface area contributed by atoms with Crippen LogP contribution in [0.2, 0.25) is 0 Å². The van der Waals surface area contributed by atoms with E-state index in [-0.39, 0.29) is 0 Å². The number of para-hydroxylation sites is 1. The lowest BCUT2D eigenvalue weighted by Gasteiger charge is -2.47. The fourth-order valence-corrected chi connectivity index (χ4v) is 5.10. The van der Waals surface area contributed by atoms with E-state index in [0.717, 1.165) is 38.0 Å². The molecule has 2 fully saturated rings. The van der Waals surface area contributed by atoms with Gasteiger partial charge in [0.15, 0.2) is 0 Å². The molecule has 1 N–H and O–H groups in total. The van der Waals surface area contributed by atoms with Crippen LogP contribution < -0.4 is 0 Å². The minimum Gasteiger partial charge on any atom is -0.357 e. The van der Waals surface area contributed by atoms with Gasteiger partial charge in [-0.15, -0.1) is 0 Å². The van der Waals surface area contributed by atoms with E-state index in [4.69, 9.17) is 0 Å². The first-order chi connectivity index (χ1) is 10.8. The van der Waals surface area contributed by atoms with Gasteiger partial charge in [0.25, 0.3) is 0 Å². The summed E-state index contributed by atoms with van der Waals surface area (Å²) < 4.78 is 0. The number of aromatic amines is 1. The Hall–Kier alpha value is -1.61. The van der Waals surface area contributed by atoms with Crippen molar-refractivity contribution in [3.63, 3.8) is 0 Å². The maximum Gasteiger partial charge on any atom is 0.133 e. The van der Waals surface area contributed by atoms with Crippen LogP contribution >= 0.6 is 0 Å². The molecule has 3 heteroatoms. The molecular weight excluding hydrogens is 272 g/mol. The van der Waals surface area contributed by atoms with Crippen LogP contribution in [0, 0.1) is 11.8 Å². The number of carbonyl (C=O) groups excluding carboxylic acids is 1. The summed E-state index contributed by atoms with van der Waals surface area (Å²) in [6, 6.07) is 9.19. The average Bonchev–Trinajstić information content (AvgIpc) is 2.92. The largest absolute Gasteiger partial charge is 0.357 e. The first-order valence-corrected chi connectivity index (χ1v) is 8.65. The van der Waals surface area contributed by atoms with Gasteiger partial charge >= 0.3 is 0 Å². The molecule has 3 aliphatic rings. The minimum atomic E-state index is 0.488. The number of nitrogens with one attached hydrogen (secondary N) is 1. The Morgan fingerprint density at radius 1 is 1.14 bits per heavy atom. The number of rotatable bonds is 0. The normalized spacial score (nSPS) is 31.6. The lowest BCUT2D eigenvalue weighted by Crippen LogP contribution is -2.47. The Balaban J connectivity index is 1.54. The maximum absolute atomic E-state index is 11.8. The van der Waals surface area contributed by atoms with Crippen molar-refractivity contribution in [2.45, 2.75) is 38.1 Å². The maximum atomic E-state index is 11.8.